The number of thioether (sulfide) groups is 1. The van der Waals surface area contributed by atoms with E-state index < -0.39 is 0 Å². The van der Waals surface area contributed by atoms with Crippen molar-refractivity contribution in [2.45, 2.75) is 0 Å². The first-order chi connectivity index (χ1) is 12.1. The molecule has 0 saturated carbocycles. The molecule has 1 N–H and O–H groups in total. The Labute approximate surface area is 152 Å². The molecular weight excluding hydrogens is 358 g/mol. The Morgan fingerprint density at radius 1 is 1.28 bits per heavy atom. The van der Waals surface area contributed by atoms with Gasteiger partial charge in [0.05, 0.1) is 21.1 Å². The van der Waals surface area contributed by atoms with Gasteiger partial charge in [0.1, 0.15) is 5.52 Å². The highest BCUT2D eigenvalue weighted by Gasteiger charge is 2.24. The number of hydrogen-bond acceptors (Lipinski definition) is 5. The molecule has 2 aromatic carbocycles. The van der Waals surface area contributed by atoms with Crippen molar-refractivity contribution in [1.82, 2.24) is 20.3 Å². The highest BCUT2D eigenvalue weighted by molar-refractivity contribution is 8.18. The molecule has 3 aromatic rings. The summed E-state index contributed by atoms with van der Waals surface area (Å²) in [6.45, 7) is 0. The predicted octanol–water partition coefficient (Wildman–Crippen LogP) is 3.51. The van der Waals surface area contributed by atoms with Crippen LogP contribution in [-0.2, 0) is 11.8 Å². The van der Waals surface area contributed by atoms with Gasteiger partial charge in [-0.05, 0) is 47.7 Å². The summed E-state index contributed by atoms with van der Waals surface area (Å²) in [6, 6.07) is 13.0. The number of hydrogen-bond donors (Lipinski definition) is 1. The number of amidine groups is 1. The molecule has 1 aliphatic heterocycles. The fraction of sp³-hybridized carbons (Fsp3) is 0.0588. The zero-order valence-corrected chi connectivity index (χ0v) is 14.7. The molecule has 1 aromatic heterocycles. The number of rotatable bonds is 2. The van der Waals surface area contributed by atoms with Crippen LogP contribution in [0, 0.1) is 0 Å². The number of carbonyl (C=O) groups is 1. The van der Waals surface area contributed by atoms with Crippen LogP contribution in [0.3, 0.4) is 0 Å². The summed E-state index contributed by atoms with van der Waals surface area (Å²) in [4.78, 5) is 17.2. The number of nitrogens with zero attached hydrogens (tertiary/aromatic N) is 4. The minimum Gasteiger partial charge on any atom is -0.300 e. The molecule has 1 aliphatic rings. The van der Waals surface area contributed by atoms with E-state index in [2.05, 4.69) is 20.6 Å². The zero-order valence-electron chi connectivity index (χ0n) is 13.1. The molecule has 1 fully saturated rings. The molecule has 1 amide bonds. The summed E-state index contributed by atoms with van der Waals surface area (Å²) >= 11 is 7.39. The third-order valence-electron chi connectivity index (χ3n) is 3.66. The van der Waals surface area contributed by atoms with Crippen molar-refractivity contribution in [2.75, 3.05) is 0 Å². The third kappa shape index (κ3) is 3.16. The molecular formula is C17H12ClN5OS. The maximum Gasteiger partial charge on any atom is 0.264 e. The molecule has 0 aliphatic carbocycles. The van der Waals surface area contributed by atoms with Gasteiger partial charge >= 0.3 is 0 Å². The number of para-hydroxylation sites is 1. The lowest BCUT2D eigenvalue weighted by atomic mass is 10.2. The third-order valence-corrected chi connectivity index (χ3v) is 4.89. The fourth-order valence-electron chi connectivity index (χ4n) is 2.42. The SMILES string of the molecule is Cn1nnc2ccc(/C=C3/SC(=Nc4ccccc4Cl)NC3=O)cc21. The Hall–Kier alpha value is -2.64. The van der Waals surface area contributed by atoms with Gasteiger partial charge in [-0.25, -0.2) is 9.67 Å². The van der Waals surface area contributed by atoms with Crippen LogP contribution in [0.2, 0.25) is 5.02 Å². The van der Waals surface area contributed by atoms with Crippen molar-refractivity contribution < 1.29 is 4.79 Å². The Bertz CT molecular complexity index is 1060. The standard InChI is InChI=1S/C17H12ClN5OS/c1-23-14-8-10(6-7-13(14)21-22-23)9-15-16(24)20-17(25-15)19-12-5-3-2-4-11(12)18/h2-9H,1H3,(H,19,20,24)/b15-9+. The second kappa shape index (κ2) is 6.34. The minimum absolute atomic E-state index is 0.181. The highest BCUT2D eigenvalue weighted by atomic mass is 35.5. The highest BCUT2D eigenvalue weighted by Crippen LogP contribution is 2.31. The smallest absolute Gasteiger partial charge is 0.264 e. The number of carbonyl (C=O) groups excluding carboxylic acids is 1. The number of aliphatic imine (C=N–C) groups is 1. The lowest BCUT2D eigenvalue weighted by molar-refractivity contribution is -0.115. The summed E-state index contributed by atoms with van der Waals surface area (Å²) < 4.78 is 1.70. The molecule has 8 heteroatoms. The average molecular weight is 370 g/mol. The van der Waals surface area contributed by atoms with Crippen molar-refractivity contribution in [3.05, 3.63) is 58.0 Å². The Morgan fingerprint density at radius 2 is 2.12 bits per heavy atom. The van der Waals surface area contributed by atoms with Crippen LogP contribution in [0.25, 0.3) is 17.1 Å². The normalized spacial score (nSPS) is 17.6. The van der Waals surface area contributed by atoms with Gasteiger partial charge in [-0.3, -0.25) is 4.79 Å². The Morgan fingerprint density at radius 3 is 2.96 bits per heavy atom. The molecule has 4 rings (SSSR count). The van der Waals surface area contributed by atoms with Crippen molar-refractivity contribution in [2.24, 2.45) is 12.0 Å². The topological polar surface area (TPSA) is 72.2 Å². The van der Waals surface area contributed by atoms with E-state index in [-0.39, 0.29) is 5.91 Å². The Kier molecular flexibility index (Phi) is 4.03. The van der Waals surface area contributed by atoms with Crippen LogP contribution in [0.4, 0.5) is 5.69 Å². The molecule has 124 valence electrons. The molecule has 0 unspecified atom stereocenters. The van der Waals surface area contributed by atoms with Crippen molar-refractivity contribution in [3.63, 3.8) is 0 Å². The van der Waals surface area contributed by atoms with Gasteiger partial charge in [-0.1, -0.05) is 35.0 Å². The average Bonchev–Trinajstić information content (AvgIpc) is 3.13. The van der Waals surface area contributed by atoms with Crippen molar-refractivity contribution >= 4 is 57.2 Å². The molecule has 0 radical (unpaired) electrons. The fourth-order valence-corrected chi connectivity index (χ4v) is 3.43. The van der Waals surface area contributed by atoms with Crippen LogP contribution in [0.5, 0.6) is 0 Å². The quantitative estimate of drug-likeness (QED) is 0.701. The van der Waals surface area contributed by atoms with Crippen molar-refractivity contribution in [1.29, 1.82) is 0 Å². The maximum absolute atomic E-state index is 12.2. The van der Waals surface area contributed by atoms with E-state index in [1.54, 1.807) is 16.8 Å². The van der Waals surface area contributed by atoms with Gasteiger partial charge in [0.25, 0.3) is 5.91 Å². The second-order valence-electron chi connectivity index (χ2n) is 5.39. The van der Waals surface area contributed by atoms with Gasteiger partial charge in [0.2, 0.25) is 0 Å². The van der Waals surface area contributed by atoms with Crippen LogP contribution in [-0.4, -0.2) is 26.1 Å². The predicted molar refractivity (Wildman–Crippen MR) is 101 cm³/mol. The number of halogens is 1. The van der Waals surface area contributed by atoms with E-state index in [0.717, 1.165) is 16.6 Å². The number of aromatic nitrogens is 3. The number of fused-ring (bicyclic) bond motifs is 1. The molecule has 0 spiro atoms. The van der Waals surface area contributed by atoms with Crippen LogP contribution >= 0.6 is 23.4 Å². The van der Waals surface area contributed by atoms with E-state index in [1.807, 2.05) is 43.5 Å². The summed E-state index contributed by atoms with van der Waals surface area (Å²) in [5, 5.41) is 11.8. The lowest BCUT2D eigenvalue weighted by Crippen LogP contribution is -2.19. The minimum atomic E-state index is -0.181. The first-order valence-corrected chi connectivity index (χ1v) is 8.63. The van der Waals surface area contributed by atoms with E-state index >= 15 is 0 Å². The van der Waals surface area contributed by atoms with Gasteiger partial charge in [0.15, 0.2) is 5.17 Å². The molecule has 0 atom stereocenters. The number of benzene rings is 2. The largest absolute Gasteiger partial charge is 0.300 e. The van der Waals surface area contributed by atoms with Gasteiger partial charge in [0, 0.05) is 7.05 Å². The Balaban J connectivity index is 1.64. The summed E-state index contributed by atoms with van der Waals surface area (Å²) in [7, 11) is 1.83. The van der Waals surface area contributed by atoms with Crippen LogP contribution in [0.1, 0.15) is 5.56 Å². The number of amides is 1. The van der Waals surface area contributed by atoms with Gasteiger partial charge < -0.3 is 5.32 Å². The first kappa shape index (κ1) is 15.9. The first-order valence-electron chi connectivity index (χ1n) is 7.44. The van der Waals surface area contributed by atoms with Crippen LogP contribution < -0.4 is 5.32 Å². The van der Waals surface area contributed by atoms with Gasteiger partial charge in [-0.2, -0.15) is 0 Å². The van der Waals surface area contributed by atoms with Crippen LogP contribution in [0.15, 0.2) is 52.4 Å². The number of aryl methyl sites for hydroxylation is 1. The summed E-state index contributed by atoms with van der Waals surface area (Å²) in [6.07, 6.45) is 1.82. The molecule has 0 bridgehead atoms. The van der Waals surface area contributed by atoms with Gasteiger partial charge in [-0.15, -0.1) is 5.10 Å². The lowest BCUT2D eigenvalue weighted by Gasteiger charge is -1.98. The monoisotopic (exact) mass is 369 g/mol. The second-order valence-corrected chi connectivity index (χ2v) is 6.83. The summed E-state index contributed by atoms with van der Waals surface area (Å²) in [5.41, 5.74) is 3.24. The maximum atomic E-state index is 12.2. The molecule has 2 heterocycles. The van der Waals surface area contributed by atoms with E-state index in [9.17, 15) is 4.79 Å². The molecule has 1 saturated heterocycles. The number of nitrogens with one attached hydrogen (secondary N) is 1. The van der Waals surface area contributed by atoms with E-state index in [0.29, 0.717) is 20.8 Å². The molecule has 25 heavy (non-hydrogen) atoms. The van der Waals surface area contributed by atoms with E-state index in [1.165, 1.54) is 11.8 Å². The van der Waals surface area contributed by atoms with E-state index in [4.69, 9.17) is 11.6 Å². The zero-order chi connectivity index (χ0) is 17.4. The molecule has 6 nitrogen and oxygen atoms in total. The summed E-state index contributed by atoms with van der Waals surface area (Å²) in [5.74, 6) is -0.181. The van der Waals surface area contributed by atoms with Crippen molar-refractivity contribution in [3.8, 4) is 0 Å².